The summed E-state index contributed by atoms with van der Waals surface area (Å²) in [6.07, 6.45) is 2.28. The van der Waals surface area contributed by atoms with Gasteiger partial charge in [-0.1, -0.05) is 42.1 Å². The van der Waals surface area contributed by atoms with Crippen molar-refractivity contribution in [1.29, 1.82) is 0 Å². The Morgan fingerprint density at radius 2 is 1.90 bits per heavy atom. The first-order valence-electron chi connectivity index (χ1n) is 10.2. The molecule has 156 valence electrons. The van der Waals surface area contributed by atoms with Crippen LogP contribution in [0.5, 0.6) is 0 Å². The fraction of sp³-hybridized carbons (Fsp3) is 0.391. The zero-order chi connectivity index (χ0) is 21.4. The van der Waals surface area contributed by atoms with Crippen molar-refractivity contribution in [2.75, 3.05) is 0 Å². The first-order chi connectivity index (χ1) is 14.4. The first-order valence-corrected chi connectivity index (χ1v) is 11.1. The molecule has 7 heteroatoms. The van der Waals surface area contributed by atoms with Crippen LogP contribution in [0.2, 0.25) is 0 Å². The number of carbonyl (C=O) groups excluding carboxylic acids is 2. The summed E-state index contributed by atoms with van der Waals surface area (Å²) in [7, 11) is 0. The van der Waals surface area contributed by atoms with Crippen LogP contribution in [-0.2, 0) is 6.54 Å². The molecule has 1 N–H and O–H groups in total. The van der Waals surface area contributed by atoms with Crippen LogP contribution < -0.4 is 0 Å². The van der Waals surface area contributed by atoms with Gasteiger partial charge >= 0.3 is 0 Å². The summed E-state index contributed by atoms with van der Waals surface area (Å²) in [6.45, 7) is 7.76. The molecule has 30 heavy (non-hydrogen) atoms. The smallest absolute Gasteiger partial charge is 0.192 e. The number of hydrogen-bond acceptors (Lipinski definition) is 5. The molecule has 1 aliphatic rings. The number of thioether (sulfide) groups is 1. The number of hydrogen-bond donors (Lipinski definition) is 1. The Morgan fingerprint density at radius 1 is 1.20 bits per heavy atom. The van der Waals surface area contributed by atoms with Crippen molar-refractivity contribution in [3.8, 4) is 0 Å². The van der Waals surface area contributed by atoms with Crippen LogP contribution in [0.25, 0.3) is 0 Å². The van der Waals surface area contributed by atoms with E-state index in [-0.39, 0.29) is 16.8 Å². The van der Waals surface area contributed by atoms with E-state index in [1.807, 2.05) is 39.0 Å². The lowest BCUT2D eigenvalue weighted by Crippen LogP contribution is -2.17. The largest absolute Gasteiger partial charge is 0.355 e. The molecule has 0 aliphatic heterocycles. The number of ketones is 2. The van der Waals surface area contributed by atoms with Gasteiger partial charge in [0.1, 0.15) is 5.82 Å². The number of aryl methyl sites for hydroxylation is 1. The van der Waals surface area contributed by atoms with Crippen LogP contribution >= 0.6 is 11.8 Å². The molecule has 6 nitrogen and oxygen atoms in total. The maximum absolute atomic E-state index is 13.2. The number of H-pyrrole nitrogens is 1. The zero-order valence-electron chi connectivity index (χ0n) is 17.7. The summed E-state index contributed by atoms with van der Waals surface area (Å²) in [4.78, 5) is 28.2. The third-order valence-electron chi connectivity index (χ3n) is 5.56. The number of nitrogens with one attached hydrogen (secondary N) is 1. The minimum absolute atomic E-state index is 0.0303. The molecule has 1 unspecified atom stereocenters. The minimum Gasteiger partial charge on any atom is -0.355 e. The lowest BCUT2D eigenvalue weighted by molar-refractivity contribution is 0.0988. The number of aromatic nitrogens is 4. The van der Waals surface area contributed by atoms with Crippen LogP contribution in [0.4, 0.5) is 0 Å². The van der Waals surface area contributed by atoms with Crippen molar-refractivity contribution in [3.63, 3.8) is 0 Å². The van der Waals surface area contributed by atoms with Gasteiger partial charge in [-0.05, 0) is 51.7 Å². The van der Waals surface area contributed by atoms with Crippen LogP contribution in [0, 0.1) is 13.8 Å². The summed E-state index contributed by atoms with van der Waals surface area (Å²) >= 11 is 1.43. The highest BCUT2D eigenvalue weighted by molar-refractivity contribution is 8.00. The van der Waals surface area contributed by atoms with E-state index in [2.05, 4.69) is 31.9 Å². The molecular formula is C23H26N4O2S. The quantitative estimate of drug-likeness (QED) is 0.420. The highest BCUT2D eigenvalue weighted by Crippen LogP contribution is 2.40. The van der Waals surface area contributed by atoms with Gasteiger partial charge in [-0.25, -0.2) is 0 Å². The van der Waals surface area contributed by atoms with Crippen molar-refractivity contribution >= 4 is 23.3 Å². The molecule has 2 aromatic heterocycles. The van der Waals surface area contributed by atoms with E-state index in [9.17, 15) is 9.59 Å². The zero-order valence-corrected chi connectivity index (χ0v) is 18.5. The highest BCUT2D eigenvalue weighted by atomic mass is 32.2. The van der Waals surface area contributed by atoms with Gasteiger partial charge in [-0.3, -0.25) is 9.59 Å². The van der Waals surface area contributed by atoms with E-state index in [4.69, 9.17) is 0 Å². The Kier molecular flexibility index (Phi) is 5.64. The van der Waals surface area contributed by atoms with Gasteiger partial charge in [0, 0.05) is 17.2 Å². The molecule has 1 fully saturated rings. The molecule has 2 heterocycles. The second-order valence-corrected chi connectivity index (χ2v) is 9.30. The molecule has 1 aliphatic carbocycles. The molecule has 1 aromatic carbocycles. The Hall–Kier alpha value is -2.67. The Balaban J connectivity index is 1.59. The molecule has 0 saturated heterocycles. The van der Waals surface area contributed by atoms with Crippen molar-refractivity contribution in [1.82, 2.24) is 19.7 Å². The van der Waals surface area contributed by atoms with E-state index in [0.717, 1.165) is 35.1 Å². The maximum atomic E-state index is 13.2. The Morgan fingerprint density at radius 3 is 2.50 bits per heavy atom. The third-order valence-corrected chi connectivity index (χ3v) is 6.64. The van der Waals surface area contributed by atoms with E-state index in [1.165, 1.54) is 24.2 Å². The number of carbonyl (C=O) groups is 2. The standard InChI is InChI=1S/C23H26N4O2S/c1-13-19(15(3)28)14(2)24-20(13)21(29)16(4)30-23-26-25-22(18-10-11-18)27(23)12-17-8-6-5-7-9-17/h5-9,16,18,24H,10-12H2,1-4H3. The molecule has 3 aromatic rings. The topological polar surface area (TPSA) is 80.6 Å². The number of rotatable bonds is 8. The van der Waals surface area contributed by atoms with Gasteiger partial charge in [-0.15, -0.1) is 10.2 Å². The molecule has 0 spiro atoms. The second-order valence-electron chi connectivity index (χ2n) is 7.99. The third kappa shape index (κ3) is 3.99. The van der Waals surface area contributed by atoms with Gasteiger partial charge in [0.15, 0.2) is 16.7 Å². The predicted molar refractivity (Wildman–Crippen MR) is 117 cm³/mol. The van der Waals surface area contributed by atoms with Crippen LogP contribution in [0.3, 0.4) is 0 Å². The number of aromatic amines is 1. The first kappa shape index (κ1) is 20.6. The summed E-state index contributed by atoms with van der Waals surface area (Å²) in [5.74, 6) is 1.41. The fourth-order valence-electron chi connectivity index (χ4n) is 3.88. The lowest BCUT2D eigenvalue weighted by Gasteiger charge is -2.13. The van der Waals surface area contributed by atoms with Crippen LogP contribution in [-0.4, -0.2) is 36.6 Å². The molecule has 1 atom stereocenters. The van der Waals surface area contributed by atoms with Gasteiger partial charge < -0.3 is 9.55 Å². The van der Waals surface area contributed by atoms with E-state index >= 15 is 0 Å². The average molecular weight is 423 g/mol. The van der Waals surface area contributed by atoms with Crippen molar-refractivity contribution < 1.29 is 9.59 Å². The summed E-state index contributed by atoms with van der Waals surface area (Å²) in [6, 6.07) is 10.2. The normalized spacial score (nSPS) is 14.7. The SMILES string of the molecule is CC(=O)c1c(C)[nH]c(C(=O)C(C)Sc2nnc(C3CC3)n2Cc2ccccc2)c1C. The van der Waals surface area contributed by atoms with Crippen molar-refractivity contribution in [3.05, 3.63) is 64.2 Å². The molecule has 0 radical (unpaired) electrons. The number of nitrogens with zero attached hydrogens (tertiary/aromatic N) is 3. The number of Topliss-reactive ketones (excluding diaryl/α,β-unsaturated/α-hetero) is 2. The molecular weight excluding hydrogens is 396 g/mol. The molecule has 4 rings (SSSR count). The van der Waals surface area contributed by atoms with Gasteiger partial charge in [-0.2, -0.15) is 0 Å². The van der Waals surface area contributed by atoms with E-state index in [0.29, 0.717) is 23.7 Å². The lowest BCUT2D eigenvalue weighted by atomic mass is 10.0. The Bertz CT molecular complexity index is 1100. The second kappa shape index (κ2) is 8.22. The summed E-state index contributed by atoms with van der Waals surface area (Å²) < 4.78 is 2.15. The highest BCUT2D eigenvalue weighted by Gasteiger charge is 2.32. The monoisotopic (exact) mass is 422 g/mol. The van der Waals surface area contributed by atoms with Gasteiger partial charge in [0.2, 0.25) is 0 Å². The molecule has 0 amide bonds. The molecule has 0 bridgehead atoms. The predicted octanol–water partition coefficient (Wildman–Crippen LogP) is 4.71. The van der Waals surface area contributed by atoms with Gasteiger partial charge in [0.05, 0.1) is 17.5 Å². The van der Waals surface area contributed by atoms with Crippen LogP contribution in [0.1, 0.15) is 76.1 Å². The summed E-state index contributed by atoms with van der Waals surface area (Å²) in [5.41, 5.74) is 3.76. The van der Waals surface area contributed by atoms with E-state index < -0.39 is 0 Å². The summed E-state index contributed by atoms with van der Waals surface area (Å²) in [5, 5.41) is 9.27. The van der Waals surface area contributed by atoms with Gasteiger partial charge in [0.25, 0.3) is 0 Å². The molecule has 1 saturated carbocycles. The Labute approximate surface area is 180 Å². The average Bonchev–Trinajstić information content (AvgIpc) is 3.42. The van der Waals surface area contributed by atoms with Crippen molar-refractivity contribution in [2.45, 2.75) is 63.4 Å². The number of benzene rings is 1. The minimum atomic E-state index is -0.354. The van der Waals surface area contributed by atoms with E-state index in [1.54, 1.807) is 0 Å². The fourth-order valence-corrected chi connectivity index (χ4v) is 4.80. The van der Waals surface area contributed by atoms with Crippen molar-refractivity contribution in [2.24, 2.45) is 0 Å². The maximum Gasteiger partial charge on any atom is 0.192 e. The van der Waals surface area contributed by atoms with Crippen LogP contribution in [0.15, 0.2) is 35.5 Å².